The van der Waals surface area contributed by atoms with Crippen LogP contribution in [0.5, 0.6) is 0 Å². The van der Waals surface area contributed by atoms with E-state index in [1.54, 1.807) is 4.80 Å². The average molecular weight is 271 g/mol. The summed E-state index contributed by atoms with van der Waals surface area (Å²) in [5, 5.41) is 12.4. The molecular formula is C15H21N5. The molecule has 1 aromatic carbocycles. The maximum atomic E-state index is 4.54. The van der Waals surface area contributed by atoms with Gasteiger partial charge in [0, 0.05) is 19.1 Å². The minimum absolute atomic E-state index is 0.629. The smallest absolute Gasteiger partial charge is 0.0971 e. The van der Waals surface area contributed by atoms with Gasteiger partial charge in [-0.2, -0.15) is 15.0 Å². The molecular weight excluding hydrogens is 250 g/mol. The highest BCUT2D eigenvalue weighted by molar-refractivity contribution is 5.28. The zero-order valence-electron chi connectivity index (χ0n) is 11.9. The molecule has 1 aliphatic heterocycles. The molecule has 20 heavy (non-hydrogen) atoms. The zero-order valence-corrected chi connectivity index (χ0v) is 11.9. The van der Waals surface area contributed by atoms with Gasteiger partial charge in [-0.15, -0.1) is 0 Å². The molecule has 5 nitrogen and oxygen atoms in total. The van der Waals surface area contributed by atoms with Crippen molar-refractivity contribution in [1.82, 2.24) is 25.2 Å². The summed E-state index contributed by atoms with van der Waals surface area (Å²) in [6.45, 7) is 3.06. The minimum Gasteiger partial charge on any atom is -0.313 e. The molecule has 0 bridgehead atoms. The first-order valence-corrected chi connectivity index (χ1v) is 7.20. The van der Waals surface area contributed by atoms with E-state index < -0.39 is 0 Å². The van der Waals surface area contributed by atoms with Crippen molar-refractivity contribution >= 4 is 0 Å². The molecule has 1 N–H and O–H groups in total. The molecule has 0 radical (unpaired) electrons. The van der Waals surface area contributed by atoms with Gasteiger partial charge in [0.2, 0.25) is 0 Å². The molecule has 0 aliphatic carbocycles. The summed E-state index contributed by atoms with van der Waals surface area (Å²) in [6.07, 6.45) is 4.43. The van der Waals surface area contributed by atoms with Gasteiger partial charge in [-0.05, 0) is 38.6 Å². The Morgan fingerprint density at radius 1 is 1.35 bits per heavy atom. The Morgan fingerprint density at radius 3 is 2.95 bits per heavy atom. The maximum absolute atomic E-state index is 4.54. The van der Waals surface area contributed by atoms with E-state index in [1.165, 1.54) is 12.8 Å². The normalized spacial score (nSPS) is 18.8. The van der Waals surface area contributed by atoms with Crippen LogP contribution in [0.1, 0.15) is 18.5 Å². The van der Waals surface area contributed by atoms with Gasteiger partial charge in [-0.25, -0.2) is 0 Å². The number of aromatic nitrogens is 3. The van der Waals surface area contributed by atoms with E-state index in [-0.39, 0.29) is 0 Å². The third-order valence-electron chi connectivity index (χ3n) is 3.65. The predicted octanol–water partition coefficient (Wildman–Crippen LogP) is 1.45. The van der Waals surface area contributed by atoms with Crippen molar-refractivity contribution in [3.05, 3.63) is 42.2 Å². The molecule has 1 atom stereocenters. The first-order valence-electron chi connectivity index (χ1n) is 7.20. The van der Waals surface area contributed by atoms with E-state index >= 15 is 0 Å². The van der Waals surface area contributed by atoms with Crippen LogP contribution in [0.25, 0.3) is 5.69 Å². The molecule has 1 aromatic heterocycles. The number of nitrogens with one attached hydrogen (secondary N) is 1. The van der Waals surface area contributed by atoms with E-state index in [1.807, 2.05) is 36.5 Å². The highest BCUT2D eigenvalue weighted by Crippen LogP contribution is 2.09. The lowest BCUT2D eigenvalue weighted by Gasteiger charge is -2.19. The number of likely N-dealkylation sites (N-methyl/N-ethyl adjacent to an activating group) is 1. The molecule has 2 aromatic rings. The second-order valence-corrected chi connectivity index (χ2v) is 5.45. The van der Waals surface area contributed by atoms with Crippen molar-refractivity contribution in [1.29, 1.82) is 0 Å². The Balaban J connectivity index is 1.59. The van der Waals surface area contributed by atoms with Gasteiger partial charge in [-0.1, -0.05) is 18.2 Å². The van der Waals surface area contributed by atoms with Gasteiger partial charge in [-0.3, -0.25) is 4.90 Å². The molecule has 1 saturated heterocycles. The Morgan fingerprint density at radius 2 is 2.20 bits per heavy atom. The largest absolute Gasteiger partial charge is 0.313 e. The Hall–Kier alpha value is -1.72. The van der Waals surface area contributed by atoms with Crippen molar-refractivity contribution in [2.45, 2.75) is 25.4 Å². The van der Waals surface area contributed by atoms with Gasteiger partial charge >= 0.3 is 0 Å². The molecule has 1 unspecified atom stereocenters. The third-order valence-corrected chi connectivity index (χ3v) is 3.65. The number of para-hydroxylation sites is 1. The van der Waals surface area contributed by atoms with E-state index in [2.05, 4.69) is 27.5 Å². The van der Waals surface area contributed by atoms with Gasteiger partial charge in [0.1, 0.15) is 0 Å². The minimum atomic E-state index is 0.629. The summed E-state index contributed by atoms with van der Waals surface area (Å²) >= 11 is 0. The SMILES string of the molecule is CN(Cc1cnn(-c2ccccc2)n1)CC1CCCN1. The highest BCUT2D eigenvalue weighted by Gasteiger charge is 2.16. The third kappa shape index (κ3) is 3.23. The molecule has 0 saturated carbocycles. The van der Waals surface area contributed by atoms with E-state index in [0.717, 1.165) is 31.0 Å². The summed E-state index contributed by atoms with van der Waals surface area (Å²) in [4.78, 5) is 4.00. The lowest BCUT2D eigenvalue weighted by molar-refractivity contribution is 0.289. The highest BCUT2D eigenvalue weighted by atomic mass is 15.5. The fourth-order valence-corrected chi connectivity index (χ4v) is 2.68. The van der Waals surface area contributed by atoms with Crippen molar-refractivity contribution in [3.8, 4) is 5.69 Å². The second-order valence-electron chi connectivity index (χ2n) is 5.45. The van der Waals surface area contributed by atoms with Crippen LogP contribution in [0.2, 0.25) is 0 Å². The second kappa shape index (κ2) is 6.15. The van der Waals surface area contributed by atoms with E-state index in [0.29, 0.717) is 6.04 Å². The summed E-state index contributed by atoms with van der Waals surface area (Å²) in [5.41, 5.74) is 2.01. The van der Waals surface area contributed by atoms with Crippen molar-refractivity contribution in [3.63, 3.8) is 0 Å². The fraction of sp³-hybridized carbons (Fsp3) is 0.467. The number of hydrogen-bond acceptors (Lipinski definition) is 4. The van der Waals surface area contributed by atoms with Gasteiger partial charge < -0.3 is 5.32 Å². The first kappa shape index (κ1) is 13.3. The van der Waals surface area contributed by atoms with E-state index in [4.69, 9.17) is 0 Å². The van der Waals surface area contributed by atoms with Gasteiger partial charge in [0.25, 0.3) is 0 Å². The average Bonchev–Trinajstić information content (AvgIpc) is 3.11. The van der Waals surface area contributed by atoms with Crippen LogP contribution >= 0.6 is 0 Å². The number of hydrogen-bond donors (Lipinski definition) is 1. The fourth-order valence-electron chi connectivity index (χ4n) is 2.68. The van der Waals surface area contributed by atoms with Crippen LogP contribution in [-0.4, -0.2) is 46.1 Å². The standard InChI is InChI=1S/C15H21N5/c1-19(11-13-6-5-9-16-13)12-14-10-17-20(18-14)15-7-3-2-4-8-15/h2-4,7-8,10,13,16H,5-6,9,11-12H2,1H3. The molecule has 0 spiro atoms. The number of rotatable bonds is 5. The Kier molecular flexibility index (Phi) is 4.08. The molecule has 0 amide bonds. The van der Waals surface area contributed by atoms with Crippen molar-refractivity contribution in [2.24, 2.45) is 0 Å². The zero-order chi connectivity index (χ0) is 13.8. The van der Waals surface area contributed by atoms with Crippen LogP contribution in [0.15, 0.2) is 36.5 Å². The molecule has 2 heterocycles. The predicted molar refractivity (Wildman–Crippen MR) is 78.7 cm³/mol. The van der Waals surface area contributed by atoms with Crippen LogP contribution < -0.4 is 5.32 Å². The first-order chi connectivity index (χ1) is 9.81. The van der Waals surface area contributed by atoms with Crippen LogP contribution in [0.4, 0.5) is 0 Å². The summed E-state index contributed by atoms with van der Waals surface area (Å²) < 4.78 is 0. The summed E-state index contributed by atoms with van der Waals surface area (Å²) in [6, 6.07) is 10.6. The molecule has 1 aliphatic rings. The quantitative estimate of drug-likeness (QED) is 0.894. The maximum Gasteiger partial charge on any atom is 0.0971 e. The Bertz CT molecular complexity index is 530. The molecule has 5 heteroatoms. The van der Waals surface area contributed by atoms with Gasteiger partial charge in [0.15, 0.2) is 0 Å². The lowest BCUT2D eigenvalue weighted by Crippen LogP contribution is -2.35. The van der Waals surface area contributed by atoms with Crippen LogP contribution in [0, 0.1) is 0 Å². The van der Waals surface area contributed by atoms with Crippen molar-refractivity contribution < 1.29 is 0 Å². The lowest BCUT2D eigenvalue weighted by atomic mass is 10.2. The van der Waals surface area contributed by atoms with Crippen LogP contribution in [0.3, 0.4) is 0 Å². The Labute approximate surface area is 119 Å². The molecule has 106 valence electrons. The number of benzene rings is 1. The monoisotopic (exact) mass is 271 g/mol. The van der Waals surface area contributed by atoms with Crippen molar-refractivity contribution in [2.75, 3.05) is 20.1 Å². The van der Waals surface area contributed by atoms with Crippen LogP contribution in [-0.2, 0) is 6.54 Å². The summed E-state index contributed by atoms with van der Waals surface area (Å²) in [7, 11) is 2.14. The molecule has 1 fully saturated rings. The summed E-state index contributed by atoms with van der Waals surface area (Å²) in [5.74, 6) is 0. The van der Waals surface area contributed by atoms with E-state index in [9.17, 15) is 0 Å². The molecule has 3 rings (SSSR count). The van der Waals surface area contributed by atoms with Gasteiger partial charge in [0.05, 0.1) is 17.6 Å². The topological polar surface area (TPSA) is 46.0 Å². The number of nitrogens with zero attached hydrogens (tertiary/aromatic N) is 4.